The van der Waals surface area contributed by atoms with Crippen molar-refractivity contribution in [3.63, 3.8) is 0 Å². The summed E-state index contributed by atoms with van der Waals surface area (Å²) in [6.45, 7) is -0.749. The summed E-state index contributed by atoms with van der Waals surface area (Å²) in [6.07, 6.45) is -2.10. The van der Waals surface area contributed by atoms with Crippen LogP contribution in [0.4, 0.5) is 8.78 Å². The number of halogens is 2. The molecule has 8 heteroatoms. The maximum atomic E-state index is 12.2. The van der Waals surface area contributed by atoms with Crippen LogP contribution < -0.4 is 4.72 Å². The largest absolute Gasteiger partial charge is 0.386 e. The summed E-state index contributed by atoms with van der Waals surface area (Å²) in [6, 6.07) is 6.10. The molecule has 0 fully saturated rings. The minimum absolute atomic E-state index is 0.0427. The number of alkyl halides is 2. The Morgan fingerprint density at radius 3 is 2.75 bits per heavy atom. The van der Waals surface area contributed by atoms with Gasteiger partial charge in [0.05, 0.1) is 4.90 Å². The molecule has 5 nitrogen and oxygen atoms in total. The number of aromatic nitrogens is 1. The third-order valence-electron chi connectivity index (χ3n) is 2.70. The molecule has 1 aromatic carbocycles. The van der Waals surface area contributed by atoms with Crippen LogP contribution in [0.25, 0.3) is 10.8 Å². The van der Waals surface area contributed by atoms with Gasteiger partial charge >= 0.3 is 0 Å². The summed E-state index contributed by atoms with van der Waals surface area (Å²) in [5.74, 6) is 0. The van der Waals surface area contributed by atoms with E-state index in [4.69, 9.17) is 5.11 Å². The summed E-state index contributed by atoms with van der Waals surface area (Å²) >= 11 is 0. The smallest absolute Gasteiger partial charge is 0.265 e. The predicted molar refractivity (Wildman–Crippen MR) is 68.9 cm³/mol. The zero-order valence-corrected chi connectivity index (χ0v) is 11.0. The van der Waals surface area contributed by atoms with Crippen molar-refractivity contribution in [2.75, 3.05) is 6.54 Å². The van der Waals surface area contributed by atoms with Crippen LogP contribution in [0.2, 0.25) is 0 Å². The molecule has 108 valence electrons. The molecule has 2 aromatic rings. The second kappa shape index (κ2) is 5.78. The van der Waals surface area contributed by atoms with Gasteiger partial charge in [-0.1, -0.05) is 12.1 Å². The molecule has 0 aliphatic carbocycles. The highest BCUT2D eigenvalue weighted by atomic mass is 32.2. The van der Waals surface area contributed by atoms with Gasteiger partial charge < -0.3 is 5.11 Å². The second-order valence-electron chi connectivity index (χ2n) is 4.11. The minimum atomic E-state index is -3.99. The van der Waals surface area contributed by atoms with Crippen LogP contribution in [-0.2, 0) is 10.0 Å². The Morgan fingerprint density at radius 2 is 2.05 bits per heavy atom. The summed E-state index contributed by atoms with van der Waals surface area (Å²) in [7, 11) is -3.99. The first-order valence-corrected chi connectivity index (χ1v) is 7.19. The lowest BCUT2D eigenvalue weighted by molar-refractivity contribution is -0.000449. The number of aliphatic hydroxyl groups excluding tert-OH is 1. The first kappa shape index (κ1) is 14.8. The summed E-state index contributed by atoms with van der Waals surface area (Å²) in [5, 5.41) is 10.0. The Labute approximate surface area is 114 Å². The Bertz CT molecular complexity index is 701. The van der Waals surface area contributed by atoms with Crippen LogP contribution in [0.5, 0.6) is 0 Å². The van der Waals surface area contributed by atoms with Gasteiger partial charge in [-0.25, -0.2) is 21.9 Å². The van der Waals surface area contributed by atoms with E-state index in [1.807, 2.05) is 4.72 Å². The average molecular weight is 302 g/mol. The number of hydrogen-bond donors (Lipinski definition) is 2. The number of pyridine rings is 1. The normalized spacial score (nSPS) is 13.8. The van der Waals surface area contributed by atoms with E-state index in [2.05, 4.69) is 4.98 Å². The fraction of sp³-hybridized carbons (Fsp3) is 0.250. The van der Waals surface area contributed by atoms with Gasteiger partial charge in [0.15, 0.2) is 0 Å². The zero-order valence-electron chi connectivity index (χ0n) is 10.2. The van der Waals surface area contributed by atoms with Crippen molar-refractivity contribution in [2.24, 2.45) is 0 Å². The van der Waals surface area contributed by atoms with Crippen LogP contribution >= 0.6 is 0 Å². The van der Waals surface area contributed by atoms with Crippen LogP contribution in [0.3, 0.4) is 0 Å². The van der Waals surface area contributed by atoms with E-state index in [1.165, 1.54) is 30.6 Å². The molecule has 20 heavy (non-hydrogen) atoms. The van der Waals surface area contributed by atoms with E-state index in [9.17, 15) is 17.2 Å². The highest BCUT2D eigenvalue weighted by Gasteiger charge is 2.22. The van der Waals surface area contributed by atoms with Gasteiger partial charge in [-0.15, -0.1) is 0 Å². The van der Waals surface area contributed by atoms with Gasteiger partial charge in [-0.05, 0) is 12.1 Å². The summed E-state index contributed by atoms with van der Waals surface area (Å²) in [4.78, 5) is 3.84. The molecular weight excluding hydrogens is 290 g/mol. The first-order chi connectivity index (χ1) is 9.42. The Hall–Kier alpha value is -1.64. The van der Waals surface area contributed by atoms with Crippen LogP contribution in [-0.4, -0.2) is 37.6 Å². The molecule has 1 atom stereocenters. The molecule has 0 aliphatic rings. The molecule has 0 saturated carbocycles. The molecule has 2 N–H and O–H groups in total. The maximum absolute atomic E-state index is 12.2. The van der Waals surface area contributed by atoms with Crippen molar-refractivity contribution in [3.8, 4) is 0 Å². The lowest BCUT2D eigenvalue weighted by Crippen LogP contribution is -2.35. The molecule has 0 aliphatic heterocycles. The molecule has 0 spiro atoms. The highest BCUT2D eigenvalue weighted by Crippen LogP contribution is 2.21. The van der Waals surface area contributed by atoms with Gasteiger partial charge in [-0.2, -0.15) is 0 Å². The van der Waals surface area contributed by atoms with Gasteiger partial charge in [0.1, 0.15) is 6.10 Å². The summed E-state index contributed by atoms with van der Waals surface area (Å²) in [5.41, 5.74) is 0. The third kappa shape index (κ3) is 3.09. The van der Waals surface area contributed by atoms with Crippen molar-refractivity contribution in [1.29, 1.82) is 0 Å². The van der Waals surface area contributed by atoms with E-state index in [0.717, 1.165) is 0 Å². The lowest BCUT2D eigenvalue weighted by Gasteiger charge is -2.12. The standard InChI is InChI=1S/C12H12F2N2O3S/c13-12(14)10(17)7-16-20(18,19)11-3-1-2-8-6-15-5-4-9(8)11/h1-6,10,12,16-17H,7H2. The second-order valence-corrected chi connectivity index (χ2v) is 5.84. The number of fused-ring (bicyclic) bond motifs is 1. The fourth-order valence-corrected chi connectivity index (χ4v) is 2.97. The van der Waals surface area contributed by atoms with E-state index in [1.54, 1.807) is 6.07 Å². The number of benzene rings is 1. The molecule has 0 saturated heterocycles. The quantitative estimate of drug-likeness (QED) is 0.868. The third-order valence-corrected chi connectivity index (χ3v) is 4.19. The summed E-state index contributed by atoms with van der Waals surface area (Å²) < 4.78 is 50.5. The number of nitrogens with zero attached hydrogens (tertiary/aromatic N) is 1. The maximum Gasteiger partial charge on any atom is 0.265 e. The minimum Gasteiger partial charge on any atom is -0.386 e. The molecule has 0 amide bonds. The van der Waals surface area contributed by atoms with E-state index < -0.39 is 29.1 Å². The van der Waals surface area contributed by atoms with Gasteiger partial charge in [0.25, 0.3) is 6.43 Å². The van der Waals surface area contributed by atoms with Gasteiger partial charge in [0.2, 0.25) is 10.0 Å². The van der Waals surface area contributed by atoms with Crippen molar-refractivity contribution in [2.45, 2.75) is 17.4 Å². The molecule has 2 rings (SSSR count). The predicted octanol–water partition coefficient (Wildman–Crippen LogP) is 1.14. The van der Waals surface area contributed by atoms with Crippen molar-refractivity contribution >= 4 is 20.8 Å². The van der Waals surface area contributed by atoms with Crippen LogP contribution in [0.1, 0.15) is 0 Å². The van der Waals surface area contributed by atoms with Gasteiger partial charge in [-0.3, -0.25) is 4.98 Å². The van der Waals surface area contributed by atoms with Crippen LogP contribution in [0, 0.1) is 0 Å². The number of hydrogen-bond acceptors (Lipinski definition) is 4. The van der Waals surface area contributed by atoms with Crippen molar-refractivity contribution in [1.82, 2.24) is 9.71 Å². The monoisotopic (exact) mass is 302 g/mol. The molecule has 1 heterocycles. The number of aliphatic hydroxyl groups is 1. The average Bonchev–Trinajstić information content (AvgIpc) is 2.44. The van der Waals surface area contributed by atoms with E-state index in [0.29, 0.717) is 10.8 Å². The highest BCUT2D eigenvalue weighted by molar-refractivity contribution is 7.89. The topological polar surface area (TPSA) is 79.3 Å². The fourth-order valence-electron chi connectivity index (χ4n) is 1.69. The molecule has 0 radical (unpaired) electrons. The van der Waals surface area contributed by atoms with Crippen LogP contribution in [0.15, 0.2) is 41.6 Å². The number of sulfonamides is 1. The Kier molecular flexibility index (Phi) is 4.26. The SMILES string of the molecule is O=S(=O)(NCC(O)C(F)F)c1cccc2cnccc12. The number of nitrogens with one attached hydrogen (secondary N) is 1. The van der Waals surface area contributed by atoms with E-state index in [-0.39, 0.29) is 4.90 Å². The molecule has 1 aromatic heterocycles. The zero-order chi connectivity index (χ0) is 14.8. The molecule has 0 bridgehead atoms. The van der Waals surface area contributed by atoms with Crippen molar-refractivity contribution < 1.29 is 22.3 Å². The van der Waals surface area contributed by atoms with Crippen molar-refractivity contribution in [3.05, 3.63) is 36.7 Å². The molecule has 1 unspecified atom stereocenters. The van der Waals surface area contributed by atoms with Gasteiger partial charge in [0, 0.05) is 29.7 Å². The molecular formula is C12H12F2N2O3S. The lowest BCUT2D eigenvalue weighted by atomic mass is 10.2. The first-order valence-electron chi connectivity index (χ1n) is 5.70. The Balaban J connectivity index is 2.33. The van der Waals surface area contributed by atoms with E-state index >= 15 is 0 Å². The Morgan fingerprint density at radius 1 is 1.30 bits per heavy atom. The number of rotatable bonds is 5.